The maximum atomic E-state index is 10.9. The van der Waals surface area contributed by atoms with Gasteiger partial charge in [0.05, 0.1) is 0 Å². The lowest BCUT2D eigenvalue weighted by atomic mass is 9.86. The highest BCUT2D eigenvalue weighted by atomic mass is 16.5. The van der Waals surface area contributed by atoms with Crippen LogP contribution >= 0.6 is 0 Å². The molecule has 0 bridgehead atoms. The molecule has 0 amide bonds. The van der Waals surface area contributed by atoms with Crippen molar-refractivity contribution in [3.05, 3.63) is 35.9 Å². The quantitative estimate of drug-likeness (QED) is 0.560. The highest BCUT2D eigenvalue weighted by Crippen LogP contribution is 2.28. The van der Waals surface area contributed by atoms with Gasteiger partial charge in [-0.05, 0) is 28.7 Å². The van der Waals surface area contributed by atoms with E-state index in [4.69, 9.17) is 4.74 Å². The lowest BCUT2D eigenvalue weighted by molar-refractivity contribution is -0.131. The molecule has 0 aromatic heterocycles. The Balaban J connectivity index is 3.21. The summed E-state index contributed by atoms with van der Waals surface area (Å²) in [5, 5.41) is 0. The third-order valence-electron chi connectivity index (χ3n) is 2.29. The van der Waals surface area contributed by atoms with Gasteiger partial charge in [0.2, 0.25) is 0 Å². The molecule has 0 aliphatic carbocycles. The lowest BCUT2D eigenvalue weighted by Gasteiger charge is -2.20. The van der Waals surface area contributed by atoms with Crippen molar-refractivity contribution in [2.45, 2.75) is 33.1 Å². The molecule has 1 rings (SSSR count). The molecule has 0 aliphatic heterocycles. The topological polar surface area (TPSA) is 26.3 Å². The monoisotopic (exact) mass is 218 g/mol. The zero-order valence-electron chi connectivity index (χ0n) is 10.3. The maximum absolute atomic E-state index is 10.9. The van der Waals surface area contributed by atoms with E-state index < -0.39 is 0 Å². The van der Waals surface area contributed by atoms with E-state index in [0.29, 0.717) is 5.75 Å². The average molecular weight is 218 g/mol. The summed E-state index contributed by atoms with van der Waals surface area (Å²) in [6, 6.07) is 5.76. The van der Waals surface area contributed by atoms with Gasteiger partial charge in [0.1, 0.15) is 5.75 Å². The van der Waals surface area contributed by atoms with Gasteiger partial charge < -0.3 is 4.74 Å². The fourth-order valence-corrected chi connectivity index (χ4v) is 1.40. The first-order chi connectivity index (χ1) is 7.32. The molecule has 0 saturated heterocycles. The summed E-state index contributed by atoms with van der Waals surface area (Å²) in [4.78, 5) is 10.9. The Morgan fingerprint density at radius 2 is 1.94 bits per heavy atom. The molecular weight excluding hydrogens is 200 g/mol. The zero-order chi connectivity index (χ0) is 12.3. The highest BCUT2D eigenvalue weighted by Gasteiger charge is 2.15. The molecule has 0 spiro atoms. The van der Waals surface area contributed by atoms with E-state index in [0.717, 1.165) is 11.1 Å². The highest BCUT2D eigenvalue weighted by molar-refractivity contribution is 5.70. The van der Waals surface area contributed by atoms with Crippen LogP contribution in [-0.2, 0) is 10.2 Å². The van der Waals surface area contributed by atoms with Crippen LogP contribution in [0.3, 0.4) is 0 Å². The van der Waals surface area contributed by atoms with Crippen LogP contribution in [0.15, 0.2) is 24.8 Å². The Kier molecular flexibility index (Phi) is 3.53. The first kappa shape index (κ1) is 12.5. The molecule has 0 fully saturated rings. The summed E-state index contributed by atoms with van der Waals surface area (Å²) in [5.74, 6) is 0.274. The second-order valence-electron chi connectivity index (χ2n) is 4.84. The summed E-state index contributed by atoms with van der Waals surface area (Å²) in [6.07, 6.45) is 1.75. The number of carbonyl (C=O) groups excluding carboxylic acids is 1. The number of benzene rings is 1. The van der Waals surface area contributed by atoms with Crippen molar-refractivity contribution in [3.63, 3.8) is 0 Å². The normalized spacial score (nSPS) is 11.0. The molecule has 86 valence electrons. The van der Waals surface area contributed by atoms with Crippen LogP contribution in [0, 0.1) is 0 Å². The van der Waals surface area contributed by atoms with Gasteiger partial charge in [0, 0.05) is 6.92 Å². The predicted octanol–water partition coefficient (Wildman–Crippen LogP) is 3.55. The molecule has 1 aromatic carbocycles. The van der Waals surface area contributed by atoms with Gasteiger partial charge in [-0.3, -0.25) is 4.79 Å². The van der Waals surface area contributed by atoms with Crippen LogP contribution < -0.4 is 4.74 Å². The van der Waals surface area contributed by atoms with E-state index in [1.165, 1.54) is 6.92 Å². The molecule has 0 radical (unpaired) electrons. The Bertz CT molecular complexity index is 411. The molecule has 0 aliphatic rings. The molecule has 1 aromatic rings. The largest absolute Gasteiger partial charge is 0.427 e. The molecule has 0 heterocycles. The second kappa shape index (κ2) is 4.52. The molecule has 0 atom stereocenters. The molecule has 0 unspecified atom stereocenters. The summed E-state index contributed by atoms with van der Waals surface area (Å²) in [6.45, 7) is 11.5. The first-order valence-electron chi connectivity index (χ1n) is 5.29. The van der Waals surface area contributed by atoms with E-state index in [-0.39, 0.29) is 11.4 Å². The van der Waals surface area contributed by atoms with Gasteiger partial charge in [-0.2, -0.15) is 0 Å². The lowest BCUT2D eigenvalue weighted by Crippen LogP contribution is -2.12. The van der Waals surface area contributed by atoms with Gasteiger partial charge in [0.15, 0.2) is 0 Å². The Morgan fingerprint density at radius 1 is 1.31 bits per heavy atom. The Morgan fingerprint density at radius 3 is 2.38 bits per heavy atom. The minimum Gasteiger partial charge on any atom is -0.427 e. The zero-order valence-corrected chi connectivity index (χ0v) is 10.3. The minimum atomic E-state index is -0.305. The molecule has 0 N–H and O–H groups in total. The third-order valence-corrected chi connectivity index (χ3v) is 2.29. The van der Waals surface area contributed by atoms with Crippen molar-refractivity contribution in [3.8, 4) is 5.75 Å². The third kappa shape index (κ3) is 3.23. The summed E-state index contributed by atoms with van der Waals surface area (Å²) >= 11 is 0. The predicted molar refractivity (Wildman–Crippen MR) is 66.5 cm³/mol. The Labute approximate surface area is 96.9 Å². The van der Waals surface area contributed by atoms with Crippen LogP contribution in [0.2, 0.25) is 0 Å². The molecule has 2 heteroatoms. The van der Waals surface area contributed by atoms with Crippen LogP contribution in [0.25, 0.3) is 6.08 Å². The molecule has 0 saturated carbocycles. The van der Waals surface area contributed by atoms with Gasteiger partial charge >= 0.3 is 5.97 Å². The van der Waals surface area contributed by atoms with Crippen LogP contribution in [0.1, 0.15) is 38.8 Å². The number of hydrogen-bond acceptors (Lipinski definition) is 2. The van der Waals surface area contributed by atoms with Crippen molar-refractivity contribution in [2.24, 2.45) is 0 Å². The standard InChI is InChI=1S/C14H18O2/c1-6-11-7-12(14(3,4)5)9-13(8-11)16-10(2)15/h6-9H,1H2,2-5H3. The molecule has 2 nitrogen and oxygen atoms in total. The van der Waals surface area contributed by atoms with Crippen molar-refractivity contribution < 1.29 is 9.53 Å². The minimum absolute atomic E-state index is 0.0217. The Hall–Kier alpha value is -1.57. The van der Waals surface area contributed by atoms with Gasteiger partial charge in [0.25, 0.3) is 0 Å². The van der Waals surface area contributed by atoms with E-state index in [1.807, 2.05) is 12.1 Å². The van der Waals surface area contributed by atoms with Crippen molar-refractivity contribution in [1.29, 1.82) is 0 Å². The van der Waals surface area contributed by atoms with Crippen molar-refractivity contribution in [2.75, 3.05) is 0 Å². The number of ether oxygens (including phenoxy) is 1. The van der Waals surface area contributed by atoms with Crippen LogP contribution in [0.5, 0.6) is 5.75 Å². The SMILES string of the molecule is C=Cc1cc(OC(C)=O)cc(C(C)(C)C)c1. The summed E-state index contributed by atoms with van der Waals surface area (Å²) < 4.78 is 5.11. The summed E-state index contributed by atoms with van der Waals surface area (Å²) in [5.41, 5.74) is 2.11. The molecule has 16 heavy (non-hydrogen) atoms. The number of rotatable bonds is 2. The molecular formula is C14H18O2. The first-order valence-corrected chi connectivity index (χ1v) is 5.29. The van der Waals surface area contributed by atoms with E-state index >= 15 is 0 Å². The van der Waals surface area contributed by atoms with E-state index in [9.17, 15) is 4.79 Å². The fraction of sp³-hybridized carbons (Fsp3) is 0.357. The average Bonchev–Trinajstić information content (AvgIpc) is 2.14. The summed E-state index contributed by atoms with van der Waals surface area (Å²) in [7, 11) is 0. The van der Waals surface area contributed by atoms with Gasteiger partial charge in [-0.25, -0.2) is 0 Å². The smallest absolute Gasteiger partial charge is 0.308 e. The number of esters is 1. The van der Waals surface area contributed by atoms with E-state index in [2.05, 4.69) is 33.4 Å². The fourth-order valence-electron chi connectivity index (χ4n) is 1.40. The number of carbonyl (C=O) groups is 1. The van der Waals surface area contributed by atoms with Gasteiger partial charge in [-0.15, -0.1) is 0 Å². The van der Waals surface area contributed by atoms with Crippen LogP contribution in [0.4, 0.5) is 0 Å². The number of hydrogen-bond donors (Lipinski definition) is 0. The van der Waals surface area contributed by atoms with Crippen molar-refractivity contribution >= 4 is 12.0 Å². The van der Waals surface area contributed by atoms with Crippen LogP contribution in [-0.4, -0.2) is 5.97 Å². The van der Waals surface area contributed by atoms with Crippen molar-refractivity contribution in [1.82, 2.24) is 0 Å². The van der Waals surface area contributed by atoms with Gasteiger partial charge in [-0.1, -0.05) is 39.5 Å². The maximum Gasteiger partial charge on any atom is 0.308 e. The second-order valence-corrected chi connectivity index (χ2v) is 4.84. The van der Waals surface area contributed by atoms with E-state index in [1.54, 1.807) is 6.08 Å².